The zero-order chi connectivity index (χ0) is 11.5. The van der Waals surface area contributed by atoms with E-state index in [1.54, 1.807) is 0 Å². The molecule has 0 aromatic heterocycles. The van der Waals surface area contributed by atoms with Crippen LogP contribution in [0, 0.1) is 6.92 Å². The summed E-state index contributed by atoms with van der Waals surface area (Å²) in [5.74, 6) is 1.24. The van der Waals surface area contributed by atoms with Crippen LogP contribution in [0.25, 0.3) is 0 Å². The number of aryl methyl sites for hydroxylation is 1. The van der Waals surface area contributed by atoms with E-state index in [4.69, 9.17) is 5.73 Å². The molecule has 0 radical (unpaired) electrons. The fourth-order valence-corrected chi connectivity index (χ4v) is 3.23. The second kappa shape index (κ2) is 5.11. The topological polar surface area (TPSA) is 29.3 Å². The lowest BCUT2D eigenvalue weighted by Crippen LogP contribution is -2.36. The van der Waals surface area contributed by atoms with Gasteiger partial charge in [-0.05, 0) is 18.6 Å². The lowest BCUT2D eigenvalue weighted by atomic mass is 10.1. The summed E-state index contributed by atoms with van der Waals surface area (Å²) in [7, 11) is 0. The van der Waals surface area contributed by atoms with Crippen molar-refractivity contribution in [1.82, 2.24) is 4.90 Å². The Morgan fingerprint density at radius 2 is 2.31 bits per heavy atom. The van der Waals surface area contributed by atoms with E-state index in [-0.39, 0.29) is 0 Å². The maximum absolute atomic E-state index is 6.01. The third-order valence-corrected chi connectivity index (χ3v) is 4.15. The molecule has 2 rings (SSSR count). The van der Waals surface area contributed by atoms with Crippen LogP contribution >= 0.6 is 11.8 Å². The van der Waals surface area contributed by atoms with E-state index in [1.807, 2.05) is 6.07 Å². The summed E-state index contributed by atoms with van der Waals surface area (Å²) < 4.78 is 0. The first-order chi connectivity index (χ1) is 7.65. The molecule has 2 N–H and O–H groups in total. The average Bonchev–Trinajstić information content (AvgIpc) is 2.24. The van der Waals surface area contributed by atoms with Gasteiger partial charge in [0, 0.05) is 36.3 Å². The average molecular weight is 236 g/mol. The molecule has 1 aliphatic rings. The minimum Gasteiger partial charge on any atom is -0.398 e. The standard InChI is InChI=1S/C13H20N2S/c1-10-3-4-13(14)12(7-10)9-15-5-6-16-11(2)8-15/h3-4,7,11H,5-6,8-9,14H2,1-2H3. The van der Waals surface area contributed by atoms with Gasteiger partial charge in [0.2, 0.25) is 0 Å². The van der Waals surface area contributed by atoms with Crippen molar-refractivity contribution in [3.05, 3.63) is 29.3 Å². The van der Waals surface area contributed by atoms with Gasteiger partial charge < -0.3 is 5.73 Å². The summed E-state index contributed by atoms with van der Waals surface area (Å²) in [6, 6.07) is 6.31. The molecule has 3 heteroatoms. The summed E-state index contributed by atoms with van der Waals surface area (Å²) in [6.45, 7) is 7.78. The molecule has 0 amide bonds. The monoisotopic (exact) mass is 236 g/mol. The number of hydrogen-bond acceptors (Lipinski definition) is 3. The van der Waals surface area contributed by atoms with Crippen molar-refractivity contribution in [1.29, 1.82) is 0 Å². The van der Waals surface area contributed by atoms with E-state index in [1.165, 1.54) is 30.0 Å². The minimum absolute atomic E-state index is 0.750. The molecule has 1 aliphatic heterocycles. The van der Waals surface area contributed by atoms with Crippen LogP contribution in [0.3, 0.4) is 0 Å². The van der Waals surface area contributed by atoms with Crippen LogP contribution in [0.2, 0.25) is 0 Å². The molecule has 1 aromatic carbocycles. The Labute approximate surface area is 102 Å². The molecule has 1 aromatic rings. The Hall–Kier alpha value is -0.670. The highest BCUT2D eigenvalue weighted by Gasteiger charge is 2.17. The fraction of sp³-hybridized carbons (Fsp3) is 0.538. The fourth-order valence-electron chi connectivity index (χ4n) is 2.15. The Morgan fingerprint density at radius 1 is 1.50 bits per heavy atom. The summed E-state index contributed by atoms with van der Waals surface area (Å²) >= 11 is 2.07. The quantitative estimate of drug-likeness (QED) is 0.800. The number of thioether (sulfide) groups is 1. The van der Waals surface area contributed by atoms with Crippen molar-refractivity contribution < 1.29 is 0 Å². The molecular formula is C13H20N2S. The van der Waals surface area contributed by atoms with Crippen LogP contribution in [0.1, 0.15) is 18.1 Å². The summed E-state index contributed by atoms with van der Waals surface area (Å²) in [5.41, 5.74) is 9.51. The van der Waals surface area contributed by atoms with Gasteiger partial charge in [0.25, 0.3) is 0 Å². The van der Waals surface area contributed by atoms with Crippen LogP contribution < -0.4 is 5.73 Å². The van der Waals surface area contributed by atoms with Crippen LogP contribution in [0.15, 0.2) is 18.2 Å². The zero-order valence-electron chi connectivity index (χ0n) is 10.1. The van der Waals surface area contributed by atoms with Crippen molar-refractivity contribution in [2.75, 3.05) is 24.6 Å². The highest BCUT2D eigenvalue weighted by molar-refractivity contribution is 7.99. The second-order valence-electron chi connectivity index (χ2n) is 4.62. The third kappa shape index (κ3) is 2.92. The van der Waals surface area contributed by atoms with Crippen molar-refractivity contribution >= 4 is 17.4 Å². The van der Waals surface area contributed by atoms with E-state index >= 15 is 0 Å². The Kier molecular flexibility index (Phi) is 3.77. The lowest BCUT2D eigenvalue weighted by molar-refractivity contribution is 0.279. The highest BCUT2D eigenvalue weighted by Crippen LogP contribution is 2.22. The van der Waals surface area contributed by atoms with Crippen molar-refractivity contribution in [2.24, 2.45) is 0 Å². The summed E-state index contributed by atoms with van der Waals surface area (Å²) in [6.07, 6.45) is 0. The lowest BCUT2D eigenvalue weighted by Gasteiger charge is -2.30. The summed E-state index contributed by atoms with van der Waals surface area (Å²) in [5, 5.41) is 0.750. The van der Waals surface area contributed by atoms with Gasteiger partial charge in [-0.25, -0.2) is 0 Å². The summed E-state index contributed by atoms with van der Waals surface area (Å²) in [4.78, 5) is 2.51. The first-order valence-corrected chi connectivity index (χ1v) is 6.89. The minimum atomic E-state index is 0.750. The molecule has 0 aliphatic carbocycles. The van der Waals surface area contributed by atoms with Gasteiger partial charge in [-0.3, -0.25) is 4.90 Å². The predicted octanol–water partition coefficient (Wildman–Crippen LogP) is 2.51. The van der Waals surface area contributed by atoms with Crippen LogP contribution in [0.4, 0.5) is 5.69 Å². The maximum atomic E-state index is 6.01. The van der Waals surface area contributed by atoms with Crippen LogP contribution in [-0.2, 0) is 6.54 Å². The normalized spacial score (nSPS) is 22.2. The number of rotatable bonds is 2. The second-order valence-corrected chi connectivity index (χ2v) is 6.17. The molecule has 1 unspecified atom stereocenters. The third-order valence-electron chi connectivity index (χ3n) is 3.02. The van der Waals surface area contributed by atoms with Gasteiger partial charge in [0.1, 0.15) is 0 Å². The number of benzene rings is 1. The van der Waals surface area contributed by atoms with Crippen molar-refractivity contribution in [3.8, 4) is 0 Å². The van der Waals surface area contributed by atoms with E-state index in [2.05, 4.69) is 42.6 Å². The van der Waals surface area contributed by atoms with E-state index in [9.17, 15) is 0 Å². The van der Waals surface area contributed by atoms with Crippen LogP contribution in [-0.4, -0.2) is 29.0 Å². The SMILES string of the molecule is Cc1ccc(N)c(CN2CCSC(C)C2)c1. The molecule has 1 saturated heterocycles. The predicted molar refractivity (Wildman–Crippen MR) is 72.8 cm³/mol. The van der Waals surface area contributed by atoms with Crippen molar-refractivity contribution in [2.45, 2.75) is 25.6 Å². The zero-order valence-corrected chi connectivity index (χ0v) is 10.9. The van der Waals surface area contributed by atoms with E-state index < -0.39 is 0 Å². The van der Waals surface area contributed by atoms with Gasteiger partial charge in [0.15, 0.2) is 0 Å². The smallest absolute Gasteiger partial charge is 0.0359 e. The molecule has 88 valence electrons. The van der Waals surface area contributed by atoms with Gasteiger partial charge in [-0.15, -0.1) is 0 Å². The molecule has 1 atom stereocenters. The molecule has 2 nitrogen and oxygen atoms in total. The van der Waals surface area contributed by atoms with E-state index in [0.29, 0.717) is 0 Å². The number of nitrogens with two attached hydrogens (primary N) is 1. The number of nitrogen functional groups attached to an aromatic ring is 1. The first-order valence-electron chi connectivity index (χ1n) is 5.84. The Bertz CT molecular complexity index is 365. The maximum Gasteiger partial charge on any atom is 0.0359 e. The largest absolute Gasteiger partial charge is 0.398 e. The molecule has 1 fully saturated rings. The van der Waals surface area contributed by atoms with Crippen molar-refractivity contribution in [3.63, 3.8) is 0 Å². The van der Waals surface area contributed by atoms with E-state index in [0.717, 1.165) is 17.5 Å². The first kappa shape index (κ1) is 11.8. The molecule has 0 spiro atoms. The number of anilines is 1. The Morgan fingerprint density at radius 3 is 3.06 bits per heavy atom. The van der Waals surface area contributed by atoms with Crippen LogP contribution in [0.5, 0.6) is 0 Å². The molecular weight excluding hydrogens is 216 g/mol. The van der Waals surface area contributed by atoms with Gasteiger partial charge in [0.05, 0.1) is 0 Å². The van der Waals surface area contributed by atoms with Gasteiger partial charge in [-0.2, -0.15) is 11.8 Å². The Balaban J connectivity index is 2.05. The molecule has 0 bridgehead atoms. The number of hydrogen-bond donors (Lipinski definition) is 1. The molecule has 0 saturated carbocycles. The number of nitrogens with zero attached hydrogens (tertiary/aromatic N) is 1. The molecule has 16 heavy (non-hydrogen) atoms. The highest BCUT2D eigenvalue weighted by atomic mass is 32.2. The molecule has 1 heterocycles. The van der Waals surface area contributed by atoms with Gasteiger partial charge >= 0.3 is 0 Å². The van der Waals surface area contributed by atoms with Gasteiger partial charge in [-0.1, -0.05) is 24.6 Å².